The van der Waals surface area contributed by atoms with Crippen molar-refractivity contribution in [2.45, 2.75) is 13.3 Å². The number of nitrogens with one attached hydrogen (secondary N) is 3. The summed E-state index contributed by atoms with van der Waals surface area (Å²) in [6.07, 6.45) is 1.81. The minimum atomic E-state index is -0.567. The lowest BCUT2D eigenvalue weighted by Gasteiger charge is -2.10. The van der Waals surface area contributed by atoms with Crippen molar-refractivity contribution in [3.63, 3.8) is 0 Å². The van der Waals surface area contributed by atoms with Gasteiger partial charge in [-0.05, 0) is 61.0 Å². The zero-order chi connectivity index (χ0) is 28.5. The van der Waals surface area contributed by atoms with Crippen molar-refractivity contribution in [3.05, 3.63) is 88.5 Å². The number of Topliss-reactive ketones (excluding diaryl/α,β-unsaturated/α-hetero) is 1. The minimum absolute atomic E-state index is 0.0834. The van der Waals surface area contributed by atoms with Crippen LogP contribution in [-0.4, -0.2) is 43.0 Å². The number of ketones is 1. The molecule has 0 saturated carbocycles. The molecule has 0 saturated heterocycles. The number of carbonyl (C=O) groups is 3. The van der Waals surface area contributed by atoms with Gasteiger partial charge >= 0.3 is 12.0 Å². The van der Waals surface area contributed by atoms with Gasteiger partial charge in [-0.1, -0.05) is 6.07 Å². The lowest BCUT2D eigenvalue weighted by Crippen LogP contribution is -2.25. The van der Waals surface area contributed by atoms with E-state index in [1.807, 2.05) is 12.3 Å². The number of methoxy groups -OCH3 is 1. The van der Waals surface area contributed by atoms with Crippen molar-refractivity contribution >= 4 is 40.5 Å². The Morgan fingerprint density at radius 2 is 1.77 bits per heavy atom. The third kappa shape index (κ3) is 7.95. The van der Waals surface area contributed by atoms with Crippen LogP contribution in [0.2, 0.25) is 0 Å². The van der Waals surface area contributed by atoms with E-state index in [2.05, 4.69) is 25.7 Å². The normalized spacial score (nSPS) is 10.6. The Kier molecular flexibility index (Phi) is 9.55. The average molecular weight is 563 g/mol. The SMILES string of the molecule is COC(=O)CCNCC(=O)c1cc(-c2cc(Oc3ccc(NC(=O)Nc4cc(C)ccc4F)cc3)ccn2)cs1. The zero-order valence-electron chi connectivity index (χ0n) is 21.8. The third-order valence-electron chi connectivity index (χ3n) is 5.64. The average Bonchev–Trinajstić information content (AvgIpc) is 3.45. The maximum absolute atomic E-state index is 13.9. The smallest absolute Gasteiger partial charge is 0.323 e. The largest absolute Gasteiger partial charge is 0.469 e. The summed E-state index contributed by atoms with van der Waals surface area (Å²) in [5.74, 6) is 0.142. The van der Waals surface area contributed by atoms with E-state index in [1.165, 1.54) is 24.5 Å². The molecule has 0 aliphatic heterocycles. The van der Waals surface area contributed by atoms with E-state index >= 15 is 0 Å². The maximum Gasteiger partial charge on any atom is 0.323 e. The van der Waals surface area contributed by atoms with Gasteiger partial charge in [0.05, 0.1) is 36.3 Å². The first kappa shape index (κ1) is 28.4. The lowest BCUT2D eigenvalue weighted by molar-refractivity contribution is -0.140. The molecule has 0 fully saturated rings. The number of urea groups is 1. The second kappa shape index (κ2) is 13.5. The van der Waals surface area contributed by atoms with Crippen LogP contribution in [0.3, 0.4) is 0 Å². The summed E-state index contributed by atoms with van der Waals surface area (Å²) in [7, 11) is 1.32. The molecule has 40 heavy (non-hydrogen) atoms. The van der Waals surface area contributed by atoms with Crippen LogP contribution >= 0.6 is 11.3 Å². The van der Waals surface area contributed by atoms with Crippen LogP contribution in [0.1, 0.15) is 21.7 Å². The molecule has 0 atom stereocenters. The van der Waals surface area contributed by atoms with Crippen molar-refractivity contribution < 1.29 is 28.2 Å². The fraction of sp³-hybridized carbons (Fsp3) is 0.172. The molecule has 2 aromatic carbocycles. The number of hydrogen-bond acceptors (Lipinski definition) is 8. The topological polar surface area (TPSA) is 119 Å². The van der Waals surface area contributed by atoms with Crippen LogP contribution in [0.5, 0.6) is 11.5 Å². The number of nitrogens with zero attached hydrogens (tertiary/aromatic N) is 1. The van der Waals surface area contributed by atoms with Crippen LogP contribution in [-0.2, 0) is 9.53 Å². The van der Waals surface area contributed by atoms with Gasteiger partial charge in [0.25, 0.3) is 0 Å². The number of halogens is 1. The number of benzene rings is 2. The number of pyridine rings is 1. The predicted molar refractivity (Wildman–Crippen MR) is 152 cm³/mol. The first-order chi connectivity index (χ1) is 19.3. The number of thiophene rings is 1. The molecule has 0 aliphatic carbocycles. The Bertz CT molecular complexity index is 1510. The lowest BCUT2D eigenvalue weighted by atomic mass is 10.2. The Morgan fingerprint density at radius 1 is 0.975 bits per heavy atom. The fourth-order valence-electron chi connectivity index (χ4n) is 3.59. The zero-order valence-corrected chi connectivity index (χ0v) is 22.6. The Morgan fingerprint density at radius 3 is 2.55 bits per heavy atom. The van der Waals surface area contributed by atoms with Crippen LogP contribution < -0.4 is 20.7 Å². The van der Waals surface area contributed by atoms with Gasteiger partial charge < -0.3 is 25.4 Å². The number of carbonyl (C=O) groups excluding carboxylic acids is 3. The summed E-state index contributed by atoms with van der Waals surface area (Å²) < 4.78 is 24.4. The number of ether oxygens (including phenoxy) is 2. The number of rotatable bonds is 11. The van der Waals surface area contributed by atoms with E-state index in [0.717, 1.165) is 11.1 Å². The Balaban J connectivity index is 1.32. The van der Waals surface area contributed by atoms with Crippen molar-refractivity contribution in [2.75, 3.05) is 30.8 Å². The quantitative estimate of drug-likeness (QED) is 0.116. The van der Waals surface area contributed by atoms with Crippen LogP contribution in [0.25, 0.3) is 11.3 Å². The Labute approximate surface area is 234 Å². The highest BCUT2D eigenvalue weighted by atomic mass is 32.1. The predicted octanol–water partition coefficient (Wildman–Crippen LogP) is 6.03. The molecule has 4 aromatic rings. The van der Waals surface area contributed by atoms with Gasteiger partial charge in [0.2, 0.25) is 0 Å². The molecule has 2 heterocycles. The first-order valence-corrected chi connectivity index (χ1v) is 13.2. The highest BCUT2D eigenvalue weighted by molar-refractivity contribution is 7.12. The molecule has 3 N–H and O–H groups in total. The van der Waals surface area contributed by atoms with Gasteiger partial charge in [0.15, 0.2) is 5.78 Å². The second-order valence-electron chi connectivity index (χ2n) is 8.69. The first-order valence-electron chi connectivity index (χ1n) is 12.3. The maximum atomic E-state index is 13.9. The third-order valence-corrected chi connectivity index (χ3v) is 6.61. The van der Waals surface area contributed by atoms with Crippen LogP contribution in [0.4, 0.5) is 20.6 Å². The second-order valence-corrected chi connectivity index (χ2v) is 9.60. The van der Waals surface area contributed by atoms with Gasteiger partial charge in [-0.3, -0.25) is 14.6 Å². The summed E-state index contributed by atoms with van der Waals surface area (Å²) in [6.45, 7) is 2.28. The summed E-state index contributed by atoms with van der Waals surface area (Å²) in [5, 5.41) is 9.95. The molecular weight excluding hydrogens is 535 g/mol. The molecule has 0 radical (unpaired) electrons. The highest BCUT2D eigenvalue weighted by Gasteiger charge is 2.12. The van der Waals surface area contributed by atoms with Crippen LogP contribution in [0, 0.1) is 12.7 Å². The van der Waals surface area contributed by atoms with Crippen molar-refractivity contribution in [1.29, 1.82) is 0 Å². The molecule has 0 spiro atoms. The number of hydrogen-bond donors (Lipinski definition) is 3. The standard InChI is InChI=1S/C29H27FN4O5S/c1-18-3-8-23(30)25(13-18)34-29(37)33-20-4-6-21(7-5-20)39-22-9-12-32-24(15-22)19-14-27(40-17-19)26(35)16-31-11-10-28(36)38-2/h3-9,12-15,17,31H,10-11,16H2,1-2H3,(H2,33,34,37). The van der Waals surface area contributed by atoms with E-state index in [9.17, 15) is 18.8 Å². The summed E-state index contributed by atoms with van der Waals surface area (Å²) in [6, 6.07) is 15.9. The molecule has 0 aliphatic rings. The van der Waals surface area contributed by atoms with Gasteiger partial charge in [-0.15, -0.1) is 11.3 Å². The van der Waals surface area contributed by atoms with Gasteiger partial charge in [0, 0.05) is 35.4 Å². The van der Waals surface area contributed by atoms with E-state index in [0.29, 0.717) is 34.3 Å². The fourth-order valence-corrected chi connectivity index (χ4v) is 4.43. The van der Waals surface area contributed by atoms with Gasteiger partial charge in [-0.2, -0.15) is 0 Å². The number of aryl methyl sites for hydroxylation is 1. The molecule has 9 nitrogen and oxygen atoms in total. The number of esters is 1. The highest BCUT2D eigenvalue weighted by Crippen LogP contribution is 2.29. The van der Waals surface area contributed by atoms with Gasteiger partial charge in [0.1, 0.15) is 17.3 Å². The number of amides is 2. The van der Waals surface area contributed by atoms with Crippen molar-refractivity contribution in [1.82, 2.24) is 10.3 Å². The van der Waals surface area contributed by atoms with Crippen molar-refractivity contribution in [3.8, 4) is 22.8 Å². The number of aromatic nitrogens is 1. The molecule has 0 unspecified atom stereocenters. The summed E-state index contributed by atoms with van der Waals surface area (Å²) >= 11 is 1.32. The molecular formula is C29H27FN4O5S. The van der Waals surface area contributed by atoms with Gasteiger partial charge in [-0.25, -0.2) is 9.18 Å². The minimum Gasteiger partial charge on any atom is -0.469 e. The van der Waals surface area contributed by atoms with E-state index in [1.54, 1.807) is 60.8 Å². The number of anilines is 2. The van der Waals surface area contributed by atoms with E-state index < -0.39 is 11.8 Å². The molecule has 206 valence electrons. The molecule has 11 heteroatoms. The molecule has 2 amide bonds. The van der Waals surface area contributed by atoms with Crippen molar-refractivity contribution in [2.24, 2.45) is 0 Å². The van der Waals surface area contributed by atoms with E-state index in [-0.39, 0.29) is 30.4 Å². The molecule has 0 bridgehead atoms. The summed E-state index contributed by atoms with van der Waals surface area (Å²) in [5.41, 5.74) is 2.85. The molecule has 4 rings (SSSR count). The van der Waals surface area contributed by atoms with Crippen LogP contribution in [0.15, 0.2) is 72.2 Å². The van der Waals surface area contributed by atoms with E-state index in [4.69, 9.17) is 4.74 Å². The summed E-state index contributed by atoms with van der Waals surface area (Å²) in [4.78, 5) is 40.9. The monoisotopic (exact) mass is 562 g/mol. The molecule has 2 aromatic heterocycles. The Hall–Kier alpha value is -4.61.